The molecule has 0 saturated carbocycles. The zero-order valence-corrected chi connectivity index (χ0v) is 43.3. The van der Waals surface area contributed by atoms with E-state index in [1.54, 1.807) is 0 Å². The minimum atomic E-state index is -0.465. The molecule has 0 radical (unpaired) electrons. The summed E-state index contributed by atoms with van der Waals surface area (Å²) in [6.45, 7) is 14.6. The molecule has 0 saturated heterocycles. The number of esters is 2. The van der Waals surface area contributed by atoms with E-state index in [0.29, 0.717) is 78.2 Å². The fourth-order valence-corrected chi connectivity index (χ4v) is 6.72. The van der Waals surface area contributed by atoms with Gasteiger partial charge in [0.05, 0.1) is 52.5 Å². The summed E-state index contributed by atoms with van der Waals surface area (Å²) in [5, 5.41) is 9.46. The first-order chi connectivity index (χ1) is 33.0. The molecule has 1 N–H and O–H groups in total. The predicted octanol–water partition coefficient (Wildman–Crippen LogP) is 12.3. The van der Waals surface area contributed by atoms with Gasteiger partial charge in [-0.2, -0.15) is 0 Å². The Balaban J connectivity index is 4.29. The van der Waals surface area contributed by atoms with Crippen LogP contribution in [0.1, 0.15) is 227 Å². The van der Waals surface area contributed by atoms with Gasteiger partial charge in [0.25, 0.3) is 0 Å². The average Bonchev–Trinajstić information content (AvgIpc) is 3.33. The Labute approximate surface area is 411 Å². The van der Waals surface area contributed by atoms with Crippen molar-refractivity contribution in [2.45, 2.75) is 239 Å². The van der Waals surface area contributed by atoms with Crippen LogP contribution in [0.2, 0.25) is 0 Å². The molecule has 0 aliphatic rings. The number of aliphatic hydroxyl groups is 1. The third kappa shape index (κ3) is 49.2. The first-order valence-corrected chi connectivity index (χ1v) is 26.9. The lowest BCUT2D eigenvalue weighted by molar-refractivity contribution is -0.157. The smallest absolute Gasteiger partial charge is 0.305 e. The Morgan fingerprint density at radius 1 is 0.388 bits per heavy atom. The molecule has 0 heterocycles. The summed E-state index contributed by atoms with van der Waals surface area (Å²) in [6, 6.07) is 0. The highest BCUT2D eigenvalue weighted by Gasteiger charge is 2.15. The maximum Gasteiger partial charge on any atom is 0.305 e. The largest absolute Gasteiger partial charge is 0.466 e. The molecule has 0 bridgehead atoms. The normalized spacial score (nSPS) is 10.8. The summed E-state index contributed by atoms with van der Waals surface area (Å²) >= 11 is 0. The zero-order valence-electron chi connectivity index (χ0n) is 43.3. The van der Waals surface area contributed by atoms with Gasteiger partial charge in [-0.1, -0.05) is 91.9 Å². The summed E-state index contributed by atoms with van der Waals surface area (Å²) < 4.78 is 34.8. The Hall–Kier alpha value is -3.06. The van der Waals surface area contributed by atoms with Crippen molar-refractivity contribution in [3.05, 3.63) is 0 Å². The number of hydrogen-bond donors (Lipinski definition) is 1. The Bertz CT molecular complexity index is 1210. The van der Waals surface area contributed by atoms with Gasteiger partial charge in [-0.25, -0.2) is 0 Å². The van der Waals surface area contributed by atoms with E-state index in [9.17, 15) is 14.7 Å². The first kappa shape index (κ1) is 63.9. The molecule has 384 valence electrons. The van der Waals surface area contributed by atoms with Gasteiger partial charge in [-0.05, 0) is 70.9 Å². The van der Waals surface area contributed by atoms with Crippen molar-refractivity contribution < 1.29 is 43.1 Å². The average molecular weight is 940 g/mol. The van der Waals surface area contributed by atoms with E-state index in [2.05, 4.69) is 80.0 Å². The van der Waals surface area contributed by atoms with Crippen LogP contribution in [0.15, 0.2) is 0 Å². The van der Waals surface area contributed by atoms with Crippen LogP contribution >= 0.6 is 0 Å². The second-order valence-corrected chi connectivity index (χ2v) is 17.1. The molecule has 0 aliphatic heterocycles. The molecule has 0 rings (SSSR count). The van der Waals surface area contributed by atoms with Crippen LogP contribution in [0.25, 0.3) is 0 Å². The van der Waals surface area contributed by atoms with Crippen LogP contribution in [-0.4, -0.2) is 100 Å². The SMILES string of the molecule is CCCCC#CCCOC(CCC(=O)OCCCCCCCN(CCCO)CCCCCCCOC(=O)CCC(OCCC#CCCCC)OCCC#CCCCC)OCCC#CCCCC. The second-order valence-electron chi connectivity index (χ2n) is 17.1. The topological polar surface area (TPSA) is 113 Å². The number of carbonyl (C=O) groups excluding carboxylic acids is 2. The van der Waals surface area contributed by atoms with Crippen LogP contribution in [0, 0.1) is 47.4 Å². The van der Waals surface area contributed by atoms with E-state index in [0.717, 1.165) is 167 Å². The summed E-state index contributed by atoms with van der Waals surface area (Å²) in [4.78, 5) is 27.5. The molecule has 0 aromatic heterocycles. The van der Waals surface area contributed by atoms with Gasteiger partial charge in [0.2, 0.25) is 0 Å². The summed E-state index contributed by atoms with van der Waals surface area (Å²) in [7, 11) is 0. The van der Waals surface area contributed by atoms with Crippen molar-refractivity contribution in [1.29, 1.82) is 0 Å². The molecule has 0 atom stereocenters. The number of carbonyl (C=O) groups is 2. The quantitative estimate of drug-likeness (QED) is 0.0274. The molecule has 0 spiro atoms. The number of unbranched alkanes of at least 4 members (excludes halogenated alkanes) is 16. The van der Waals surface area contributed by atoms with Crippen LogP contribution in [0.5, 0.6) is 0 Å². The van der Waals surface area contributed by atoms with Gasteiger partial charge >= 0.3 is 11.9 Å². The molecule has 0 fully saturated rings. The van der Waals surface area contributed by atoms with Crippen molar-refractivity contribution in [2.24, 2.45) is 0 Å². The fourth-order valence-electron chi connectivity index (χ4n) is 6.72. The summed E-state index contributed by atoms with van der Waals surface area (Å²) in [5.74, 6) is 25.0. The highest BCUT2D eigenvalue weighted by atomic mass is 16.7. The van der Waals surface area contributed by atoms with Gasteiger partial charge < -0.3 is 38.4 Å². The van der Waals surface area contributed by atoms with E-state index in [1.165, 1.54) is 0 Å². The molecule has 10 nitrogen and oxygen atoms in total. The van der Waals surface area contributed by atoms with E-state index in [4.69, 9.17) is 28.4 Å². The minimum Gasteiger partial charge on any atom is -0.466 e. The van der Waals surface area contributed by atoms with Crippen LogP contribution in [0.4, 0.5) is 0 Å². The molecule has 0 aliphatic carbocycles. The maximum atomic E-state index is 12.5. The Kier molecular flexibility index (Phi) is 51.4. The third-order valence-electron chi connectivity index (χ3n) is 10.8. The third-order valence-corrected chi connectivity index (χ3v) is 10.8. The van der Waals surface area contributed by atoms with Crippen LogP contribution in [-0.2, 0) is 38.0 Å². The lowest BCUT2D eigenvalue weighted by Crippen LogP contribution is -2.27. The van der Waals surface area contributed by atoms with E-state index in [-0.39, 0.29) is 31.4 Å². The van der Waals surface area contributed by atoms with E-state index in [1.807, 2.05) is 0 Å². The van der Waals surface area contributed by atoms with Gasteiger partial charge in [0.1, 0.15) is 0 Å². The highest BCUT2D eigenvalue weighted by Crippen LogP contribution is 2.12. The van der Waals surface area contributed by atoms with Gasteiger partial charge in [0, 0.05) is 77.4 Å². The van der Waals surface area contributed by atoms with Crippen molar-refractivity contribution in [2.75, 3.05) is 65.9 Å². The maximum absolute atomic E-state index is 12.5. The molecule has 0 unspecified atom stereocenters. The van der Waals surface area contributed by atoms with E-state index >= 15 is 0 Å². The van der Waals surface area contributed by atoms with Crippen LogP contribution in [0.3, 0.4) is 0 Å². The Morgan fingerprint density at radius 2 is 0.687 bits per heavy atom. The number of hydrogen-bond acceptors (Lipinski definition) is 10. The monoisotopic (exact) mass is 940 g/mol. The number of nitrogens with zero attached hydrogens (tertiary/aromatic N) is 1. The molecule has 0 aromatic rings. The second kappa shape index (κ2) is 53.9. The molecule has 0 amide bonds. The van der Waals surface area contributed by atoms with Crippen molar-refractivity contribution in [3.8, 4) is 47.4 Å². The van der Waals surface area contributed by atoms with E-state index < -0.39 is 12.6 Å². The number of ether oxygens (including phenoxy) is 6. The molecule has 67 heavy (non-hydrogen) atoms. The highest BCUT2D eigenvalue weighted by molar-refractivity contribution is 5.69. The van der Waals surface area contributed by atoms with Crippen molar-refractivity contribution in [3.63, 3.8) is 0 Å². The number of aliphatic hydroxyl groups excluding tert-OH is 1. The Morgan fingerprint density at radius 3 is 1.01 bits per heavy atom. The van der Waals surface area contributed by atoms with Gasteiger partial charge in [0.15, 0.2) is 12.6 Å². The lowest BCUT2D eigenvalue weighted by Gasteiger charge is -2.22. The first-order valence-electron chi connectivity index (χ1n) is 26.9. The van der Waals surface area contributed by atoms with Gasteiger partial charge in [-0.3, -0.25) is 9.59 Å². The fraction of sp³-hybridized carbons (Fsp3) is 0.825. The van der Waals surface area contributed by atoms with Crippen molar-refractivity contribution in [1.82, 2.24) is 4.90 Å². The summed E-state index contributed by atoms with van der Waals surface area (Å²) in [6.07, 6.45) is 27.1. The molecule has 10 heteroatoms. The molecular weight excluding hydrogens is 843 g/mol. The predicted molar refractivity (Wildman–Crippen MR) is 274 cm³/mol. The standard InChI is InChI=1S/C57H97NO9/c1-5-9-13-17-25-35-50-64-56(65-51-36-26-18-14-10-6-2)42-40-54(60)62-48-33-29-21-23-31-44-58(46-39-47-59)45-32-24-22-30-34-49-63-55(61)41-43-57(66-52-37-27-19-15-11-7-3)67-53-38-28-20-16-12-8-4/h56-57,59H,5-16,21-24,29-53H2,1-4H3. The lowest BCUT2D eigenvalue weighted by atomic mass is 10.1. The molecule has 0 aromatic carbocycles. The molecular formula is C57H97NO9. The summed E-state index contributed by atoms with van der Waals surface area (Å²) in [5.41, 5.74) is 0. The van der Waals surface area contributed by atoms with Crippen molar-refractivity contribution >= 4 is 11.9 Å². The zero-order chi connectivity index (χ0) is 48.8. The number of rotatable bonds is 45. The minimum absolute atomic E-state index is 0.209. The van der Waals surface area contributed by atoms with Crippen LogP contribution < -0.4 is 0 Å². The van der Waals surface area contributed by atoms with Gasteiger partial charge in [-0.15, -0.1) is 47.4 Å².